The summed E-state index contributed by atoms with van der Waals surface area (Å²) in [4.78, 5) is 27.3. The number of aromatic nitrogens is 4. The van der Waals surface area contributed by atoms with E-state index in [1.807, 2.05) is 0 Å². The molecule has 0 aliphatic heterocycles. The monoisotopic (exact) mass is 345 g/mol. The third kappa shape index (κ3) is 2.58. The first kappa shape index (κ1) is 14.6. The van der Waals surface area contributed by atoms with Crippen molar-refractivity contribution < 1.29 is 13.6 Å². The zero-order valence-electron chi connectivity index (χ0n) is 12.0. The molecule has 9 heteroatoms. The van der Waals surface area contributed by atoms with Crippen molar-refractivity contribution in [3.63, 3.8) is 0 Å². The summed E-state index contributed by atoms with van der Waals surface area (Å²) in [6.45, 7) is 0.0882. The Kier molecular flexibility index (Phi) is 3.42. The second kappa shape index (κ2) is 5.60. The number of benzene rings is 1. The first-order valence-electron chi connectivity index (χ1n) is 6.92. The van der Waals surface area contributed by atoms with E-state index in [1.54, 1.807) is 18.5 Å². The predicted octanol–water partition coefficient (Wildman–Crippen LogP) is 2.78. The molecule has 0 fully saturated rings. The SMILES string of the molecule is O=C(NCc1nc2cc(F)c(F)cc2[nH]1)c1nc2cnccc2s1. The lowest BCUT2D eigenvalue weighted by Crippen LogP contribution is -2.23. The van der Waals surface area contributed by atoms with Crippen LogP contribution >= 0.6 is 11.3 Å². The average molecular weight is 345 g/mol. The quantitative estimate of drug-likeness (QED) is 0.598. The highest BCUT2D eigenvalue weighted by Gasteiger charge is 2.13. The van der Waals surface area contributed by atoms with E-state index in [1.165, 1.54) is 11.3 Å². The van der Waals surface area contributed by atoms with Crippen molar-refractivity contribution in [2.24, 2.45) is 0 Å². The molecule has 6 nitrogen and oxygen atoms in total. The number of nitrogens with zero attached hydrogens (tertiary/aromatic N) is 3. The van der Waals surface area contributed by atoms with Crippen LogP contribution in [0.15, 0.2) is 30.6 Å². The van der Waals surface area contributed by atoms with Crippen LogP contribution < -0.4 is 5.32 Å². The van der Waals surface area contributed by atoms with Gasteiger partial charge in [-0.15, -0.1) is 11.3 Å². The summed E-state index contributed by atoms with van der Waals surface area (Å²) in [5, 5.41) is 2.99. The molecule has 0 bridgehead atoms. The number of thiazole rings is 1. The molecule has 0 saturated carbocycles. The minimum Gasteiger partial charge on any atom is -0.343 e. The minimum atomic E-state index is -0.965. The lowest BCUT2D eigenvalue weighted by molar-refractivity contribution is 0.0950. The molecule has 1 aromatic carbocycles. The summed E-state index contributed by atoms with van der Waals surface area (Å²) in [6, 6.07) is 3.82. The van der Waals surface area contributed by atoms with Crippen LogP contribution in [-0.4, -0.2) is 25.8 Å². The lowest BCUT2D eigenvalue weighted by Gasteiger charge is -1.99. The van der Waals surface area contributed by atoms with Gasteiger partial charge < -0.3 is 10.3 Å². The maximum Gasteiger partial charge on any atom is 0.280 e. The first-order chi connectivity index (χ1) is 11.6. The third-order valence-corrected chi connectivity index (χ3v) is 4.41. The van der Waals surface area contributed by atoms with Crippen LogP contribution in [0.5, 0.6) is 0 Å². The molecule has 0 radical (unpaired) electrons. The fourth-order valence-corrected chi connectivity index (χ4v) is 3.11. The molecular weight excluding hydrogens is 336 g/mol. The molecule has 0 spiro atoms. The Morgan fingerprint density at radius 3 is 2.88 bits per heavy atom. The number of nitrogens with one attached hydrogen (secondary N) is 2. The smallest absolute Gasteiger partial charge is 0.280 e. The Labute approximate surface area is 137 Å². The van der Waals surface area contributed by atoms with Gasteiger partial charge in [-0.05, 0) is 6.07 Å². The zero-order valence-corrected chi connectivity index (χ0v) is 12.8. The number of carbonyl (C=O) groups excluding carboxylic acids is 1. The van der Waals surface area contributed by atoms with Crippen LogP contribution in [0.3, 0.4) is 0 Å². The zero-order chi connectivity index (χ0) is 16.7. The van der Waals surface area contributed by atoms with Crippen molar-refractivity contribution in [1.29, 1.82) is 0 Å². The Hall–Kier alpha value is -2.94. The van der Waals surface area contributed by atoms with E-state index in [-0.39, 0.29) is 12.5 Å². The number of rotatable bonds is 3. The Bertz CT molecular complexity index is 1000. The van der Waals surface area contributed by atoms with Gasteiger partial charge >= 0.3 is 0 Å². The Morgan fingerprint density at radius 1 is 1.21 bits per heavy atom. The average Bonchev–Trinajstić information content (AvgIpc) is 3.16. The van der Waals surface area contributed by atoms with Gasteiger partial charge in [0.25, 0.3) is 5.91 Å². The molecule has 3 aromatic heterocycles. The topological polar surface area (TPSA) is 83.6 Å². The fourth-order valence-electron chi connectivity index (χ4n) is 2.26. The summed E-state index contributed by atoms with van der Waals surface area (Å²) >= 11 is 1.26. The fraction of sp³-hybridized carbons (Fsp3) is 0.0667. The van der Waals surface area contributed by atoms with Gasteiger partial charge in [0.2, 0.25) is 0 Å². The van der Waals surface area contributed by atoms with Crippen molar-refractivity contribution in [3.05, 3.63) is 53.1 Å². The molecular formula is C15H9F2N5OS. The minimum absolute atomic E-state index is 0.0882. The largest absolute Gasteiger partial charge is 0.343 e. The van der Waals surface area contributed by atoms with Crippen molar-refractivity contribution in [2.75, 3.05) is 0 Å². The highest BCUT2D eigenvalue weighted by Crippen LogP contribution is 2.20. The van der Waals surface area contributed by atoms with Crippen molar-refractivity contribution in [3.8, 4) is 0 Å². The molecule has 1 amide bonds. The van der Waals surface area contributed by atoms with E-state index in [0.29, 0.717) is 27.4 Å². The van der Waals surface area contributed by atoms with Crippen LogP contribution in [0.2, 0.25) is 0 Å². The van der Waals surface area contributed by atoms with Crippen LogP contribution in [0.25, 0.3) is 21.3 Å². The number of hydrogen-bond acceptors (Lipinski definition) is 5. The van der Waals surface area contributed by atoms with Gasteiger partial charge in [0.15, 0.2) is 16.6 Å². The summed E-state index contributed by atoms with van der Waals surface area (Å²) < 4.78 is 27.2. The van der Waals surface area contributed by atoms with Crippen molar-refractivity contribution in [1.82, 2.24) is 25.3 Å². The first-order valence-corrected chi connectivity index (χ1v) is 7.74. The Morgan fingerprint density at radius 2 is 2.04 bits per heavy atom. The molecule has 3 heterocycles. The van der Waals surface area contributed by atoms with Gasteiger partial charge in [-0.25, -0.2) is 18.7 Å². The van der Waals surface area contributed by atoms with Crippen LogP contribution in [0, 0.1) is 11.6 Å². The van der Waals surface area contributed by atoms with E-state index in [0.717, 1.165) is 16.8 Å². The van der Waals surface area contributed by atoms with E-state index >= 15 is 0 Å². The number of H-pyrrole nitrogens is 1. The van der Waals surface area contributed by atoms with Gasteiger partial charge in [-0.3, -0.25) is 9.78 Å². The van der Waals surface area contributed by atoms with E-state index in [4.69, 9.17) is 0 Å². The standard InChI is InChI=1S/C15H9F2N5OS/c16-7-3-9-10(4-8(7)17)21-13(20-9)6-19-14(23)15-22-11-5-18-2-1-12(11)24-15/h1-5H,6H2,(H,19,23)(H,20,21). The molecule has 0 unspecified atom stereocenters. The molecule has 2 N–H and O–H groups in total. The summed E-state index contributed by atoms with van der Waals surface area (Å²) in [5.41, 5.74) is 1.32. The highest BCUT2D eigenvalue weighted by molar-refractivity contribution is 7.20. The number of hydrogen-bond donors (Lipinski definition) is 2. The molecule has 4 rings (SSSR count). The molecule has 0 saturated heterocycles. The van der Waals surface area contributed by atoms with Crippen molar-refractivity contribution >= 4 is 38.5 Å². The van der Waals surface area contributed by atoms with Gasteiger partial charge in [0.1, 0.15) is 11.3 Å². The van der Waals surface area contributed by atoms with Crippen LogP contribution in [0.4, 0.5) is 8.78 Å². The second-order valence-corrected chi connectivity index (χ2v) is 6.04. The predicted molar refractivity (Wildman–Crippen MR) is 84.6 cm³/mol. The summed E-state index contributed by atoms with van der Waals surface area (Å²) in [6.07, 6.45) is 3.22. The van der Waals surface area contributed by atoms with Crippen molar-refractivity contribution in [2.45, 2.75) is 6.54 Å². The molecule has 0 aliphatic rings. The molecule has 120 valence electrons. The maximum absolute atomic E-state index is 13.2. The number of imidazole rings is 1. The number of pyridine rings is 1. The molecule has 0 atom stereocenters. The van der Waals surface area contributed by atoms with Gasteiger partial charge in [0.05, 0.1) is 28.5 Å². The normalized spacial score (nSPS) is 11.2. The van der Waals surface area contributed by atoms with Crippen LogP contribution in [0.1, 0.15) is 15.6 Å². The second-order valence-electron chi connectivity index (χ2n) is 5.01. The number of halogens is 2. The van der Waals surface area contributed by atoms with E-state index in [9.17, 15) is 13.6 Å². The van der Waals surface area contributed by atoms with Gasteiger partial charge in [-0.1, -0.05) is 0 Å². The summed E-state index contributed by atoms with van der Waals surface area (Å²) in [7, 11) is 0. The Balaban J connectivity index is 1.52. The lowest BCUT2D eigenvalue weighted by atomic mass is 10.3. The molecule has 24 heavy (non-hydrogen) atoms. The number of fused-ring (bicyclic) bond motifs is 2. The molecule has 4 aromatic rings. The van der Waals surface area contributed by atoms with Gasteiger partial charge in [0, 0.05) is 18.3 Å². The number of aromatic amines is 1. The van der Waals surface area contributed by atoms with E-state index in [2.05, 4.69) is 25.3 Å². The van der Waals surface area contributed by atoms with E-state index < -0.39 is 11.6 Å². The van der Waals surface area contributed by atoms with Crippen LogP contribution in [-0.2, 0) is 6.54 Å². The number of amides is 1. The summed E-state index contributed by atoms with van der Waals surface area (Å²) in [5.74, 6) is -1.88. The number of carbonyl (C=O) groups is 1. The maximum atomic E-state index is 13.2. The highest BCUT2D eigenvalue weighted by atomic mass is 32.1. The molecule has 0 aliphatic carbocycles. The van der Waals surface area contributed by atoms with Gasteiger partial charge in [-0.2, -0.15) is 0 Å². The third-order valence-electron chi connectivity index (χ3n) is 3.37.